The van der Waals surface area contributed by atoms with E-state index < -0.39 is 0 Å². The Morgan fingerprint density at radius 2 is 1.81 bits per heavy atom. The minimum atomic E-state index is 0.202. The summed E-state index contributed by atoms with van der Waals surface area (Å²) in [6, 6.07) is 19.5. The van der Waals surface area contributed by atoms with Crippen LogP contribution in [-0.4, -0.2) is 16.9 Å². The fourth-order valence-electron chi connectivity index (χ4n) is 2.95. The minimum Gasteiger partial charge on any atom is -0.485 e. The summed E-state index contributed by atoms with van der Waals surface area (Å²) >= 11 is 0. The minimum absolute atomic E-state index is 0.202. The number of hydrogen-bond donors (Lipinski definition) is 0. The Kier molecular flexibility index (Phi) is 3.45. The van der Waals surface area contributed by atoms with Crippen LogP contribution < -0.4 is 14.2 Å². The highest BCUT2D eigenvalue weighted by atomic mass is 16.7. The van der Waals surface area contributed by atoms with E-state index in [1.807, 2.05) is 42.5 Å². The average molecular weight is 346 g/mol. The molecule has 0 radical (unpaired) electrons. The van der Waals surface area contributed by atoms with Gasteiger partial charge in [0.2, 0.25) is 12.6 Å². The van der Waals surface area contributed by atoms with Gasteiger partial charge in [-0.3, -0.25) is 0 Å². The zero-order valence-electron chi connectivity index (χ0n) is 13.7. The van der Waals surface area contributed by atoms with Crippen LogP contribution in [-0.2, 0) is 6.61 Å². The van der Waals surface area contributed by atoms with Crippen molar-refractivity contribution in [2.24, 2.45) is 0 Å². The first-order valence-corrected chi connectivity index (χ1v) is 8.20. The van der Waals surface area contributed by atoms with Crippen LogP contribution in [0.1, 0.15) is 5.82 Å². The van der Waals surface area contributed by atoms with Crippen LogP contribution in [0.4, 0.5) is 0 Å². The van der Waals surface area contributed by atoms with Gasteiger partial charge in [0.15, 0.2) is 18.1 Å². The van der Waals surface area contributed by atoms with Crippen molar-refractivity contribution in [1.29, 1.82) is 0 Å². The maximum atomic E-state index is 5.73. The quantitative estimate of drug-likeness (QED) is 0.552. The first kappa shape index (κ1) is 14.8. The molecule has 0 atom stereocenters. The molecule has 0 amide bonds. The normalized spacial score (nSPS) is 12.5. The Balaban J connectivity index is 1.37. The molecule has 0 saturated heterocycles. The topological polar surface area (TPSA) is 66.6 Å². The standard InChI is InChI=1S/C20H14N2O4/c1-2-6-15-13(4-1)5-3-7-16(15)20-21-19(22-26-20)11-23-14-8-9-17-18(10-14)25-12-24-17/h1-10H,11-12H2. The molecule has 0 aliphatic carbocycles. The van der Waals surface area contributed by atoms with E-state index in [0.717, 1.165) is 22.1 Å². The number of ether oxygens (including phenoxy) is 3. The summed E-state index contributed by atoms with van der Waals surface area (Å²) in [4.78, 5) is 4.46. The van der Waals surface area contributed by atoms with Gasteiger partial charge in [-0.25, -0.2) is 0 Å². The predicted octanol–water partition coefficient (Wildman–Crippen LogP) is 4.20. The van der Waals surface area contributed by atoms with Gasteiger partial charge in [0.25, 0.3) is 5.89 Å². The highest BCUT2D eigenvalue weighted by Gasteiger charge is 2.15. The van der Waals surface area contributed by atoms with Gasteiger partial charge < -0.3 is 18.7 Å². The molecule has 128 valence electrons. The Morgan fingerprint density at radius 1 is 0.923 bits per heavy atom. The van der Waals surface area contributed by atoms with E-state index in [9.17, 15) is 0 Å². The zero-order chi connectivity index (χ0) is 17.3. The van der Waals surface area contributed by atoms with Crippen molar-refractivity contribution in [3.63, 3.8) is 0 Å². The summed E-state index contributed by atoms with van der Waals surface area (Å²) in [6.07, 6.45) is 0. The largest absolute Gasteiger partial charge is 0.485 e. The molecule has 0 bridgehead atoms. The monoisotopic (exact) mass is 346 g/mol. The fourth-order valence-corrected chi connectivity index (χ4v) is 2.95. The molecule has 0 N–H and O–H groups in total. The van der Waals surface area contributed by atoms with Gasteiger partial charge in [-0.1, -0.05) is 41.6 Å². The molecule has 5 rings (SSSR count). The number of aromatic nitrogens is 2. The van der Waals surface area contributed by atoms with Crippen molar-refractivity contribution in [3.8, 4) is 28.7 Å². The van der Waals surface area contributed by atoms with Gasteiger partial charge in [0.1, 0.15) is 5.75 Å². The van der Waals surface area contributed by atoms with E-state index in [-0.39, 0.29) is 13.4 Å². The molecule has 26 heavy (non-hydrogen) atoms. The molecule has 0 spiro atoms. The molecule has 0 saturated carbocycles. The molecule has 3 aromatic carbocycles. The van der Waals surface area contributed by atoms with Crippen LogP contribution in [0.5, 0.6) is 17.2 Å². The van der Waals surface area contributed by atoms with E-state index >= 15 is 0 Å². The summed E-state index contributed by atoms with van der Waals surface area (Å²) in [5, 5.41) is 6.22. The summed E-state index contributed by atoms with van der Waals surface area (Å²) in [5.41, 5.74) is 0.907. The summed E-state index contributed by atoms with van der Waals surface area (Å²) < 4.78 is 21.8. The van der Waals surface area contributed by atoms with Crippen molar-refractivity contribution >= 4 is 10.8 Å². The SMILES string of the molecule is c1ccc2c(-c3nc(COc4ccc5c(c4)OCO5)no3)cccc2c1. The second-order valence-corrected chi connectivity index (χ2v) is 5.85. The van der Waals surface area contributed by atoms with Gasteiger partial charge in [-0.05, 0) is 29.0 Å². The van der Waals surface area contributed by atoms with Gasteiger partial charge in [0.05, 0.1) is 0 Å². The van der Waals surface area contributed by atoms with Crippen molar-refractivity contribution in [2.45, 2.75) is 6.61 Å². The van der Waals surface area contributed by atoms with Gasteiger partial charge in [-0.15, -0.1) is 0 Å². The molecule has 0 unspecified atom stereocenters. The van der Waals surface area contributed by atoms with Gasteiger partial charge >= 0.3 is 0 Å². The zero-order valence-corrected chi connectivity index (χ0v) is 13.7. The fraction of sp³-hybridized carbons (Fsp3) is 0.100. The highest BCUT2D eigenvalue weighted by molar-refractivity contribution is 5.94. The third-order valence-corrected chi connectivity index (χ3v) is 4.20. The Morgan fingerprint density at radius 3 is 2.81 bits per heavy atom. The van der Waals surface area contributed by atoms with Crippen LogP contribution in [0.15, 0.2) is 65.2 Å². The molecule has 1 aromatic heterocycles. The average Bonchev–Trinajstić information content (AvgIpc) is 3.35. The smallest absolute Gasteiger partial charge is 0.258 e. The molecule has 6 heteroatoms. The molecular formula is C20H14N2O4. The molecule has 0 fully saturated rings. The van der Waals surface area contributed by atoms with Crippen LogP contribution in [0.2, 0.25) is 0 Å². The van der Waals surface area contributed by atoms with Crippen LogP contribution >= 0.6 is 0 Å². The Hall–Kier alpha value is -3.54. The third-order valence-electron chi connectivity index (χ3n) is 4.20. The van der Waals surface area contributed by atoms with E-state index in [0.29, 0.717) is 23.2 Å². The molecule has 4 aromatic rings. The number of fused-ring (bicyclic) bond motifs is 2. The molecule has 1 aliphatic rings. The molecular weight excluding hydrogens is 332 g/mol. The maximum absolute atomic E-state index is 5.73. The second-order valence-electron chi connectivity index (χ2n) is 5.85. The van der Waals surface area contributed by atoms with Crippen LogP contribution in [0.3, 0.4) is 0 Å². The lowest BCUT2D eigenvalue weighted by atomic mass is 10.0. The lowest BCUT2D eigenvalue weighted by Crippen LogP contribution is -1.97. The summed E-state index contributed by atoms with van der Waals surface area (Å²) in [5.74, 6) is 3.00. The Labute approximate surface area is 148 Å². The molecule has 2 heterocycles. The third kappa shape index (κ3) is 2.61. The van der Waals surface area contributed by atoms with Gasteiger partial charge in [0, 0.05) is 11.6 Å². The van der Waals surface area contributed by atoms with Crippen molar-refractivity contribution in [1.82, 2.24) is 10.1 Å². The van der Waals surface area contributed by atoms with Crippen molar-refractivity contribution in [3.05, 3.63) is 66.5 Å². The first-order chi connectivity index (χ1) is 12.9. The number of hydrogen-bond acceptors (Lipinski definition) is 6. The second kappa shape index (κ2) is 6.07. The molecule has 1 aliphatic heterocycles. The van der Waals surface area contributed by atoms with E-state index in [1.165, 1.54) is 0 Å². The Bertz CT molecular complexity index is 1080. The number of benzene rings is 3. The van der Waals surface area contributed by atoms with Crippen molar-refractivity contribution < 1.29 is 18.7 Å². The number of rotatable bonds is 4. The van der Waals surface area contributed by atoms with E-state index in [4.69, 9.17) is 18.7 Å². The summed E-state index contributed by atoms with van der Waals surface area (Å²) in [6.45, 7) is 0.436. The highest BCUT2D eigenvalue weighted by Crippen LogP contribution is 2.35. The van der Waals surface area contributed by atoms with Crippen LogP contribution in [0.25, 0.3) is 22.2 Å². The summed E-state index contributed by atoms with van der Waals surface area (Å²) in [7, 11) is 0. The maximum Gasteiger partial charge on any atom is 0.258 e. The number of nitrogens with zero attached hydrogens (tertiary/aromatic N) is 2. The lowest BCUT2D eigenvalue weighted by molar-refractivity contribution is 0.173. The van der Waals surface area contributed by atoms with E-state index in [1.54, 1.807) is 6.07 Å². The van der Waals surface area contributed by atoms with E-state index in [2.05, 4.69) is 22.3 Å². The van der Waals surface area contributed by atoms with Gasteiger partial charge in [-0.2, -0.15) is 4.98 Å². The van der Waals surface area contributed by atoms with Crippen molar-refractivity contribution in [2.75, 3.05) is 6.79 Å². The first-order valence-electron chi connectivity index (χ1n) is 8.20. The van der Waals surface area contributed by atoms with Crippen LogP contribution in [0, 0.1) is 0 Å². The lowest BCUT2D eigenvalue weighted by Gasteiger charge is -2.04. The molecule has 6 nitrogen and oxygen atoms in total. The predicted molar refractivity (Wildman–Crippen MR) is 94.1 cm³/mol.